The lowest BCUT2D eigenvalue weighted by atomic mass is 9.98. The molecule has 0 spiro atoms. The fraction of sp³-hybridized carbons (Fsp3) is 0.667. The van der Waals surface area contributed by atoms with Crippen LogP contribution in [0, 0.1) is 0 Å². The Morgan fingerprint density at radius 3 is 2.25 bits per heavy atom. The predicted octanol–water partition coefficient (Wildman–Crippen LogP) is 1.51. The molecule has 4 nitrogen and oxygen atoms in total. The van der Waals surface area contributed by atoms with Gasteiger partial charge >= 0.3 is 0 Å². The lowest BCUT2D eigenvalue weighted by Gasteiger charge is -2.29. The molecule has 2 amide bonds. The molecule has 0 bridgehead atoms. The maximum atomic E-state index is 11.3. The minimum atomic E-state index is -0.252. The monoisotopic (exact) mass is 225 g/mol. The third-order valence-corrected chi connectivity index (χ3v) is 3.01. The Kier molecular flexibility index (Phi) is 4.24. The van der Waals surface area contributed by atoms with E-state index >= 15 is 0 Å². The van der Waals surface area contributed by atoms with Crippen molar-refractivity contribution in [3.05, 3.63) is 12.2 Å². The van der Waals surface area contributed by atoms with Crippen molar-refractivity contribution < 1.29 is 14.3 Å². The van der Waals surface area contributed by atoms with Crippen LogP contribution in [0.15, 0.2) is 12.2 Å². The second kappa shape index (κ2) is 5.25. The molecular weight excluding hydrogens is 206 g/mol. The molecule has 16 heavy (non-hydrogen) atoms. The van der Waals surface area contributed by atoms with E-state index in [0.29, 0.717) is 19.6 Å². The highest BCUT2D eigenvalue weighted by atomic mass is 16.5. The number of hydrogen-bond donors (Lipinski definition) is 0. The first-order chi connectivity index (χ1) is 7.52. The molecule has 1 atom stereocenters. The zero-order valence-corrected chi connectivity index (χ0v) is 10.2. The standard InChI is InChI=1S/C12H19NO3/c1-4-12(3,16-5-2)8-9-13-10(14)6-7-11(13)15/h6-7H,4-5,8-9H2,1-3H3. The Morgan fingerprint density at radius 2 is 1.81 bits per heavy atom. The first-order valence-corrected chi connectivity index (χ1v) is 5.70. The summed E-state index contributed by atoms with van der Waals surface area (Å²) in [6.45, 7) is 7.07. The molecule has 0 radical (unpaired) electrons. The van der Waals surface area contributed by atoms with Crippen LogP contribution in [0.25, 0.3) is 0 Å². The zero-order valence-electron chi connectivity index (χ0n) is 10.2. The Balaban J connectivity index is 2.50. The van der Waals surface area contributed by atoms with Gasteiger partial charge in [-0.2, -0.15) is 0 Å². The van der Waals surface area contributed by atoms with Crippen LogP contribution in [0.3, 0.4) is 0 Å². The lowest BCUT2D eigenvalue weighted by Crippen LogP contribution is -2.37. The van der Waals surface area contributed by atoms with Gasteiger partial charge in [-0.15, -0.1) is 0 Å². The van der Waals surface area contributed by atoms with Gasteiger partial charge in [0.1, 0.15) is 0 Å². The summed E-state index contributed by atoms with van der Waals surface area (Å²) in [5.74, 6) is -0.445. The summed E-state index contributed by atoms with van der Waals surface area (Å²) in [5.41, 5.74) is -0.252. The number of rotatable bonds is 6. The van der Waals surface area contributed by atoms with Crippen LogP contribution < -0.4 is 0 Å². The maximum absolute atomic E-state index is 11.3. The van der Waals surface area contributed by atoms with E-state index < -0.39 is 0 Å². The number of carbonyl (C=O) groups is 2. The molecule has 4 heteroatoms. The Bertz CT molecular complexity index is 293. The molecule has 0 N–H and O–H groups in total. The number of nitrogens with zero attached hydrogens (tertiary/aromatic N) is 1. The Morgan fingerprint density at radius 1 is 1.25 bits per heavy atom. The van der Waals surface area contributed by atoms with Crippen molar-refractivity contribution in [3.8, 4) is 0 Å². The molecule has 1 aliphatic heterocycles. The van der Waals surface area contributed by atoms with Gasteiger partial charge in [-0.1, -0.05) is 6.92 Å². The van der Waals surface area contributed by atoms with Gasteiger partial charge in [0.2, 0.25) is 0 Å². The number of imide groups is 1. The smallest absolute Gasteiger partial charge is 0.253 e. The number of amides is 2. The highest BCUT2D eigenvalue weighted by molar-refractivity contribution is 6.12. The van der Waals surface area contributed by atoms with Crippen LogP contribution >= 0.6 is 0 Å². The lowest BCUT2D eigenvalue weighted by molar-refractivity contribution is -0.137. The van der Waals surface area contributed by atoms with E-state index in [1.165, 1.54) is 17.1 Å². The van der Waals surface area contributed by atoms with Crippen molar-refractivity contribution in [1.29, 1.82) is 0 Å². The number of ether oxygens (including phenoxy) is 1. The van der Waals surface area contributed by atoms with Gasteiger partial charge in [-0.05, 0) is 26.7 Å². The van der Waals surface area contributed by atoms with E-state index in [1.807, 2.05) is 20.8 Å². The van der Waals surface area contributed by atoms with Crippen LogP contribution in [0.2, 0.25) is 0 Å². The van der Waals surface area contributed by atoms with Crippen LogP contribution in [0.4, 0.5) is 0 Å². The third-order valence-electron chi connectivity index (χ3n) is 3.01. The summed E-state index contributed by atoms with van der Waals surface area (Å²) in [6, 6.07) is 0. The van der Waals surface area contributed by atoms with Crippen LogP contribution in [0.1, 0.15) is 33.6 Å². The van der Waals surface area contributed by atoms with Crippen molar-refractivity contribution >= 4 is 11.8 Å². The average Bonchev–Trinajstić information content (AvgIpc) is 2.57. The average molecular weight is 225 g/mol. The second-order valence-electron chi connectivity index (χ2n) is 4.15. The van der Waals surface area contributed by atoms with Crippen molar-refractivity contribution in [1.82, 2.24) is 4.90 Å². The van der Waals surface area contributed by atoms with Gasteiger partial charge in [0.15, 0.2) is 0 Å². The highest BCUT2D eigenvalue weighted by Crippen LogP contribution is 2.21. The molecule has 0 aromatic carbocycles. The molecule has 0 fully saturated rings. The molecule has 1 rings (SSSR count). The van der Waals surface area contributed by atoms with Gasteiger partial charge in [-0.3, -0.25) is 14.5 Å². The van der Waals surface area contributed by atoms with E-state index in [2.05, 4.69) is 0 Å². The van der Waals surface area contributed by atoms with E-state index in [-0.39, 0.29) is 17.4 Å². The molecule has 0 aromatic rings. The van der Waals surface area contributed by atoms with Crippen molar-refractivity contribution in [2.24, 2.45) is 0 Å². The van der Waals surface area contributed by atoms with Crippen LogP contribution in [-0.2, 0) is 14.3 Å². The number of hydrogen-bond acceptors (Lipinski definition) is 3. The van der Waals surface area contributed by atoms with Crippen LogP contribution in [0.5, 0.6) is 0 Å². The molecular formula is C12H19NO3. The van der Waals surface area contributed by atoms with E-state index in [4.69, 9.17) is 4.74 Å². The van der Waals surface area contributed by atoms with Gasteiger partial charge in [0.05, 0.1) is 5.60 Å². The predicted molar refractivity (Wildman–Crippen MR) is 60.8 cm³/mol. The van der Waals surface area contributed by atoms with Gasteiger partial charge < -0.3 is 4.74 Å². The summed E-state index contributed by atoms with van der Waals surface area (Å²) in [7, 11) is 0. The van der Waals surface area contributed by atoms with Crippen LogP contribution in [-0.4, -0.2) is 35.5 Å². The quantitative estimate of drug-likeness (QED) is 0.644. The normalized spacial score (nSPS) is 19.3. The summed E-state index contributed by atoms with van der Waals surface area (Å²) in [4.78, 5) is 23.9. The minimum absolute atomic E-state index is 0.222. The van der Waals surface area contributed by atoms with Gasteiger partial charge in [-0.25, -0.2) is 0 Å². The summed E-state index contributed by atoms with van der Waals surface area (Å²) in [5, 5.41) is 0. The largest absolute Gasteiger partial charge is 0.376 e. The summed E-state index contributed by atoms with van der Waals surface area (Å²) >= 11 is 0. The van der Waals surface area contributed by atoms with Crippen molar-refractivity contribution in [3.63, 3.8) is 0 Å². The van der Waals surface area contributed by atoms with E-state index in [0.717, 1.165) is 6.42 Å². The first-order valence-electron chi connectivity index (χ1n) is 5.70. The number of carbonyl (C=O) groups excluding carboxylic acids is 2. The summed E-state index contributed by atoms with van der Waals surface area (Å²) < 4.78 is 5.64. The van der Waals surface area contributed by atoms with E-state index in [9.17, 15) is 9.59 Å². The molecule has 90 valence electrons. The molecule has 1 heterocycles. The minimum Gasteiger partial charge on any atom is -0.376 e. The SMILES string of the molecule is CCOC(C)(CC)CCN1C(=O)C=CC1=O. The zero-order chi connectivity index (χ0) is 12.2. The molecule has 0 aliphatic carbocycles. The molecule has 0 saturated heterocycles. The molecule has 0 aromatic heterocycles. The van der Waals surface area contributed by atoms with Crippen molar-refractivity contribution in [2.45, 2.75) is 39.2 Å². The maximum Gasteiger partial charge on any atom is 0.253 e. The summed E-state index contributed by atoms with van der Waals surface area (Å²) in [6.07, 6.45) is 4.17. The molecule has 1 aliphatic rings. The van der Waals surface area contributed by atoms with Gasteiger partial charge in [0.25, 0.3) is 11.8 Å². The molecule has 1 unspecified atom stereocenters. The molecule has 0 saturated carbocycles. The third kappa shape index (κ3) is 2.92. The fourth-order valence-corrected chi connectivity index (χ4v) is 1.70. The second-order valence-corrected chi connectivity index (χ2v) is 4.15. The first kappa shape index (κ1) is 12.9. The van der Waals surface area contributed by atoms with Crippen molar-refractivity contribution in [2.75, 3.05) is 13.2 Å². The highest BCUT2D eigenvalue weighted by Gasteiger charge is 2.28. The Labute approximate surface area is 96.3 Å². The van der Waals surface area contributed by atoms with E-state index in [1.54, 1.807) is 0 Å². The van der Waals surface area contributed by atoms with Gasteiger partial charge in [0, 0.05) is 25.3 Å². The Hall–Kier alpha value is -1.16. The fourth-order valence-electron chi connectivity index (χ4n) is 1.70. The topological polar surface area (TPSA) is 46.6 Å².